The van der Waals surface area contributed by atoms with Gasteiger partial charge in [0.15, 0.2) is 5.43 Å². The average Bonchev–Trinajstić information content (AvgIpc) is 2.38. The summed E-state index contributed by atoms with van der Waals surface area (Å²) >= 11 is 0. The topological polar surface area (TPSA) is 83.3 Å². The van der Waals surface area contributed by atoms with Gasteiger partial charge in [0.2, 0.25) is 0 Å². The molecule has 0 atom stereocenters. The van der Waals surface area contributed by atoms with Gasteiger partial charge in [-0.3, -0.25) is 9.79 Å². The highest BCUT2D eigenvalue weighted by molar-refractivity contribution is 5.98. The zero-order chi connectivity index (χ0) is 12.1. The average molecular weight is 234 g/mol. The summed E-state index contributed by atoms with van der Waals surface area (Å²) in [5, 5.41) is 0. The molecule has 0 unspecified atom stereocenters. The van der Waals surface area contributed by atoms with E-state index >= 15 is 0 Å². The van der Waals surface area contributed by atoms with Gasteiger partial charge in [0, 0.05) is 18.5 Å². The van der Waals surface area contributed by atoms with Crippen LogP contribution < -0.4 is 16.7 Å². The van der Waals surface area contributed by atoms with Crippen molar-refractivity contribution in [3.05, 3.63) is 34.2 Å². The molecular formula is C12H18N4O. The van der Waals surface area contributed by atoms with Crippen LogP contribution in [-0.4, -0.2) is 16.9 Å². The first-order valence-electron chi connectivity index (χ1n) is 6.03. The molecule has 1 aliphatic carbocycles. The van der Waals surface area contributed by atoms with Crippen LogP contribution in [0.25, 0.3) is 0 Å². The van der Waals surface area contributed by atoms with Crippen LogP contribution in [-0.2, 0) is 0 Å². The highest BCUT2D eigenvalue weighted by atomic mass is 16.1. The summed E-state index contributed by atoms with van der Waals surface area (Å²) in [7, 11) is 0. The molecule has 0 radical (unpaired) electrons. The number of nitrogens with one attached hydrogen (secondary N) is 2. The van der Waals surface area contributed by atoms with Crippen LogP contribution in [0.2, 0.25) is 0 Å². The van der Waals surface area contributed by atoms with Crippen molar-refractivity contribution in [1.82, 2.24) is 10.4 Å². The number of rotatable bonds is 2. The molecule has 5 nitrogen and oxygen atoms in total. The lowest BCUT2D eigenvalue weighted by Crippen LogP contribution is -2.36. The molecule has 17 heavy (non-hydrogen) atoms. The predicted molar refractivity (Wildman–Crippen MR) is 67.8 cm³/mol. The van der Waals surface area contributed by atoms with Crippen LogP contribution in [0.15, 0.2) is 28.2 Å². The molecule has 0 aromatic carbocycles. The van der Waals surface area contributed by atoms with Crippen molar-refractivity contribution in [2.45, 2.75) is 38.1 Å². The van der Waals surface area contributed by atoms with E-state index in [9.17, 15) is 4.79 Å². The number of amidine groups is 1. The van der Waals surface area contributed by atoms with Gasteiger partial charge in [-0.15, -0.1) is 0 Å². The maximum atomic E-state index is 11.7. The number of hydrogen-bond donors (Lipinski definition) is 3. The van der Waals surface area contributed by atoms with Crippen molar-refractivity contribution in [1.29, 1.82) is 0 Å². The molecule has 1 aromatic heterocycles. The van der Waals surface area contributed by atoms with E-state index in [0.717, 1.165) is 12.8 Å². The third-order valence-electron chi connectivity index (χ3n) is 3.10. The maximum absolute atomic E-state index is 11.7. The van der Waals surface area contributed by atoms with E-state index in [1.807, 2.05) is 0 Å². The summed E-state index contributed by atoms with van der Waals surface area (Å²) in [6, 6.07) is 1.76. The molecule has 92 valence electrons. The summed E-state index contributed by atoms with van der Waals surface area (Å²) < 4.78 is 0. The number of hydrogen-bond acceptors (Lipinski definition) is 3. The molecule has 0 saturated heterocycles. The lowest BCUT2D eigenvalue weighted by atomic mass is 9.96. The summed E-state index contributed by atoms with van der Waals surface area (Å²) in [4.78, 5) is 19.1. The van der Waals surface area contributed by atoms with E-state index in [-0.39, 0.29) is 11.5 Å². The first kappa shape index (κ1) is 11.9. The van der Waals surface area contributed by atoms with Gasteiger partial charge >= 0.3 is 0 Å². The molecule has 1 aromatic rings. The lowest BCUT2D eigenvalue weighted by molar-refractivity contribution is 0.442. The fourth-order valence-electron chi connectivity index (χ4n) is 2.18. The van der Waals surface area contributed by atoms with E-state index in [1.165, 1.54) is 25.3 Å². The quantitative estimate of drug-likeness (QED) is 0.308. The normalized spacial score (nSPS) is 18.1. The molecule has 2 rings (SSSR count). The zero-order valence-corrected chi connectivity index (χ0v) is 9.78. The lowest BCUT2D eigenvalue weighted by Gasteiger charge is -2.19. The Morgan fingerprint density at radius 3 is 2.82 bits per heavy atom. The second-order valence-corrected chi connectivity index (χ2v) is 4.34. The molecular weight excluding hydrogens is 216 g/mol. The van der Waals surface area contributed by atoms with E-state index in [1.54, 1.807) is 12.4 Å². The Morgan fingerprint density at radius 2 is 2.18 bits per heavy atom. The first-order valence-corrected chi connectivity index (χ1v) is 6.03. The zero-order valence-electron chi connectivity index (χ0n) is 9.78. The number of hydrazine groups is 1. The van der Waals surface area contributed by atoms with Gasteiger partial charge in [0.05, 0.1) is 11.6 Å². The van der Waals surface area contributed by atoms with E-state index < -0.39 is 0 Å². The highest BCUT2D eigenvalue weighted by Crippen LogP contribution is 2.20. The minimum absolute atomic E-state index is 0.0729. The Kier molecular flexibility index (Phi) is 3.93. The second-order valence-electron chi connectivity index (χ2n) is 4.34. The van der Waals surface area contributed by atoms with Crippen molar-refractivity contribution >= 4 is 5.84 Å². The van der Waals surface area contributed by atoms with Gasteiger partial charge in [-0.2, -0.15) is 0 Å². The number of H-pyrrole nitrogens is 1. The Hall–Kier alpha value is -1.62. The summed E-state index contributed by atoms with van der Waals surface area (Å²) in [6.07, 6.45) is 9.08. The number of nitrogens with zero attached hydrogens (tertiary/aromatic N) is 1. The molecule has 0 amide bonds. The van der Waals surface area contributed by atoms with Crippen LogP contribution in [0.3, 0.4) is 0 Å². The molecule has 0 spiro atoms. The largest absolute Gasteiger partial charge is 0.367 e. The number of aromatic amines is 1. The number of nitrogens with two attached hydrogens (primary N) is 1. The molecule has 1 heterocycles. The molecule has 1 aliphatic rings. The standard InChI is InChI=1S/C12H18N4O/c13-16-12(10-8-14-7-6-11(10)17)15-9-4-2-1-3-5-9/h6-9H,1-5,13H2,(H,14,17)(H,15,16). The molecule has 1 fully saturated rings. The van der Waals surface area contributed by atoms with Gasteiger partial charge in [0.1, 0.15) is 5.84 Å². The van der Waals surface area contributed by atoms with E-state index in [0.29, 0.717) is 11.4 Å². The van der Waals surface area contributed by atoms with Crippen molar-refractivity contribution in [2.75, 3.05) is 0 Å². The minimum Gasteiger partial charge on any atom is -0.367 e. The predicted octanol–water partition coefficient (Wildman–Crippen LogP) is 0.917. The van der Waals surface area contributed by atoms with Gasteiger partial charge in [0.25, 0.3) is 0 Å². The minimum atomic E-state index is -0.0729. The molecule has 0 bridgehead atoms. The SMILES string of the molecule is NNC(=NC1CCCCC1)c1c[nH]ccc1=O. The van der Waals surface area contributed by atoms with Gasteiger partial charge in [-0.05, 0) is 12.8 Å². The molecule has 4 N–H and O–H groups in total. The maximum Gasteiger partial charge on any atom is 0.192 e. The van der Waals surface area contributed by atoms with Crippen LogP contribution in [0.1, 0.15) is 37.7 Å². The van der Waals surface area contributed by atoms with Gasteiger partial charge in [-0.25, -0.2) is 5.84 Å². The highest BCUT2D eigenvalue weighted by Gasteiger charge is 2.14. The fraction of sp³-hybridized carbons (Fsp3) is 0.500. The van der Waals surface area contributed by atoms with E-state index in [2.05, 4.69) is 15.4 Å². The third kappa shape index (κ3) is 2.94. The summed E-state index contributed by atoms with van der Waals surface area (Å²) in [6.45, 7) is 0. The van der Waals surface area contributed by atoms with Crippen LogP contribution in [0, 0.1) is 0 Å². The van der Waals surface area contributed by atoms with Gasteiger partial charge in [-0.1, -0.05) is 19.3 Å². The van der Waals surface area contributed by atoms with Crippen molar-refractivity contribution in [2.24, 2.45) is 10.8 Å². The number of aromatic nitrogens is 1. The Labute approximate surface area is 100 Å². The number of pyridine rings is 1. The van der Waals surface area contributed by atoms with Crippen LogP contribution in [0.4, 0.5) is 0 Å². The molecule has 5 heteroatoms. The van der Waals surface area contributed by atoms with Crippen LogP contribution >= 0.6 is 0 Å². The van der Waals surface area contributed by atoms with Gasteiger partial charge < -0.3 is 10.4 Å². The Balaban J connectivity index is 2.23. The molecule has 1 saturated carbocycles. The summed E-state index contributed by atoms with van der Waals surface area (Å²) in [5.74, 6) is 5.94. The summed E-state index contributed by atoms with van der Waals surface area (Å²) in [5.41, 5.74) is 2.96. The van der Waals surface area contributed by atoms with E-state index in [4.69, 9.17) is 5.84 Å². The molecule has 0 aliphatic heterocycles. The third-order valence-corrected chi connectivity index (χ3v) is 3.10. The Bertz CT molecular complexity index is 446. The van der Waals surface area contributed by atoms with Crippen molar-refractivity contribution in [3.8, 4) is 0 Å². The van der Waals surface area contributed by atoms with Crippen LogP contribution in [0.5, 0.6) is 0 Å². The number of aliphatic imine (C=N–C) groups is 1. The van der Waals surface area contributed by atoms with Crippen molar-refractivity contribution in [3.63, 3.8) is 0 Å². The second kappa shape index (κ2) is 5.63. The monoisotopic (exact) mass is 234 g/mol. The first-order chi connectivity index (χ1) is 8.31. The Morgan fingerprint density at radius 1 is 1.41 bits per heavy atom. The smallest absolute Gasteiger partial charge is 0.192 e. The fourth-order valence-corrected chi connectivity index (χ4v) is 2.18. The van der Waals surface area contributed by atoms with Crippen molar-refractivity contribution < 1.29 is 0 Å².